The van der Waals surface area contributed by atoms with Crippen molar-refractivity contribution in [3.63, 3.8) is 0 Å². The predicted molar refractivity (Wildman–Crippen MR) is 64.6 cm³/mol. The maximum Gasteiger partial charge on any atom is 0.387 e. The Morgan fingerprint density at radius 1 is 1.17 bits per heavy atom. The van der Waals surface area contributed by atoms with Gasteiger partial charge in [-0.25, -0.2) is 0 Å². The Morgan fingerprint density at radius 3 is 2.56 bits per heavy atom. The third-order valence-corrected chi connectivity index (χ3v) is 3.52. The first-order valence-electron chi connectivity index (χ1n) is 6.39. The zero-order valence-corrected chi connectivity index (χ0v) is 10.2. The SMILES string of the molecule is OC(c1cccc(OC(F)F)c1)C1CCCCC1. The lowest BCUT2D eigenvalue weighted by atomic mass is 9.83. The van der Waals surface area contributed by atoms with Crippen molar-refractivity contribution < 1.29 is 18.6 Å². The molecule has 1 saturated carbocycles. The molecule has 1 atom stereocenters. The van der Waals surface area contributed by atoms with Gasteiger partial charge in [-0.15, -0.1) is 0 Å². The first-order valence-corrected chi connectivity index (χ1v) is 6.39. The summed E-state index contributed by atoms with van der Waals surface area (Å²) >= 11 is 0. The Labute approximate surface area is 106 Å². The van der Waals surface area contributed by atoms with Gasteiger partial charge in [0.15, 0.2) is 0 Å². The Bertz CT molecular complexity index is 376. The van der Waals surface area contributed by atoms with Crippen molar-refractivity contribution in [2.75, 3.05) is 0 Å². The van der Waals surface area contributed by atoms with E-state index in [-0.39, 0.29) is 11.7 Å². The molecule has 4 heteroatoms. The van der Waals surface area contributed by atoms with Gasteiger partial charge in [-0.1, -0.05) is 31.4 Å². The van der Waals surface area contributed by atoms with Gasteiger partial charge in [0.25, 0.3) is 0 Å². The van der Waals surface area contributed by atoms with Crippen LogP contribution in [-0.4, -0.2) is 11.7 Å². The highest BCUT2D eigenvalue weighted by atomic mass is 19.3. The fourth-order valence-electron chi connectivity index (χ4n) is 2.60. The monoisotopic (exact) mass is 256 g/mol. The predicted octanol–water partition coefficient (Wildman–Crippen LogP) is 3.90. The van der Waals surface area contributed by atoms with Crippen LogP contribution in [0.3, 0.4) is 0 Å². The van der Waals surface area contributed by atoms with Crippen molar-refractivity contribution in [3.8, 4) is 5.75 Å². The first kappa shape index (κ1) is 13.3. The summed E-state index contributed by atoms with van der Waals surface area (Å²) < 4.78 is 28.6. The minimum Gasteiger partial charge on any atom is -0.435 e. The normalized spacial score (nSPS) is 18.9. The van der Waals surface area contributed by atoms with Crippen LogP contribution < -0.4 is 4.74 Å². The van der Waals surface area contributed by atoms with Crippen LogP contribution in [0.25, 0.3) is 0 Å². The van der Waals surface area contributed by atoms with Crippen molar-refractivity contribution in [3.05, 3.63) is 29.8 Å². The van der Waals surface area contributed by atoms with Gasteiger partial charge in [-0.3, -0.25) is 0 Å². The summed E-state index contributed by atoms with van der Waals surface area (Å²) in [6, 6.07) is 6.38. The number of rotatable bonds is 4. The van der Waals surface area contributed by atoms with Gasteiger partial charge in [0.1, 0.15) is 5.75 Å². The van der Waals surface area contributed by atoms with E-state index in [2.05, 4.69) is 4.74 Å². The van der Waals surface area contributed by atoms with Crippen LogP contribution in [0.5, 0.6) is 5.75 Å². The molecule has 2 nitrogen and oxygen atoms in total. The van der Waals surface area contributed by atoms with Crippen LogP contribution in [0.1, 0.15) is 43.8 Å². The molecule has 0 bridgehead atoms. The number of alkyl halides is 2. The van der Waals surface area contributed by atoms with E-state index in [1.54, 1.807) is 12.1 Å². The van der Waals surface area contributed by atoms with Gasteiger partial charge in [-0.05, 0) is 36.5 Å². The van der Waals surface area contributed by atoms with E-state index in [0.29, 0.717) is 5.56 Å². The van der Waals surface area contributed by atoms with Crippen LogP contribution in [0.2, 0.25) is 0 Å². The van der Waals surface area contributed by atoms with Crippen molar-refractivity contribution in [2.24, 2.45) is 5.92 Å². The summed E-state index contributed by atoms with van der Waals surface area (Å²) in [4.78, 5) is 0. The molecule has 1 aromatic carbocycles. The van der Waals surface area contributed by atoms with E-state index in [0.717, 1.165) is 25.7 Å². The average molecular weight is 256 g/mol. The molecule has 18 heavy (non-hydrogen) atoms. The summed E-state index contributed by atoms with van der Waals surface area (Å²) in [5.41, 5.74) is 0.667. The second-order valence-electron chi connectivity index (χ2n) is 4.79. The third-order valence-electron chi connectivity index (χ3n) is 3.52. The van der Waals surface area contributed by atoms with Crippen molar-refractivity contribution in [1.29, 1.82) is 0 Å². The number of ether oxygens (including phenoxy) is 1. The number of aliphatic hydroxyl groups is 1. The molecule has 0 heterocycles. The van der Waals surface area contributed by atoms with Crippen LogP contribution >= 0.6 is 0 Å². The van der Waals surface area contributed by atoms with Crippen LogP contribution in [0.4, 0.5) is 8.78 Å². The van der Waals surface area contributed by atoms with E-state index < -0.39 is 12.7 Å². The molecule has 0 spiro atoms. The fourth-order valence-corrected chi connectivity index (χ4v) is 2.60. The van der Waals surface area contributed by atoms with Gasteiger partial charge in [-0.2, -0.15) is 8.78 Å². The highest BCUT2D eigenvalue weighted by Gasteiger charge is 2.23. The average Bonchev–Trinajstić information content (AvgIpc) is 2.38. The molecule has 1 aliphatic rings. The maximum absolute atomic E-state index is 12.1. The molecule has 1 N–H and O–H groups in total. The Hall–Kier alpha value is -1.16. The number of hydrogen-bond donors (Lipinski definition) is 1. The smallest absolute Gasteiger partial charge is 0.387 e. The Balaban J connectivity index is 2.06. The highest BCUT2D eigenvalue weighted by molar-refractivity contribution is 5.30. The van der Waals surface area contributed by atoms with E-state index >= 15 is 0 Å². The molecule has 0 saturated heterocycles. The molecule has 1 unspecified atom stereocenters. The Morgan fingerprint density at radius 2 is 1.89 bits per heavy atom. The molecule has 0 aromatic heterocycles. The number of halogens is 2. The lowest BCUT2D eigenvalue weighted by molar-refractivity contribution is -0.0500. The highest BCUT2D eigenvalue weighted by Crippen LogP contribution is 2.35. The van der Waals surface area contributed by atoms with Crippen molar-refractivity contribution in [1.82, 2.24) is 0 Å². The number of aliphatic hydroxyl groups excluding tert-OH is 1. The fraction of sp³-hybridized carbons (Fsp3) is 0.571. The van der Waals surface area contributed by atoms with E-state index in [1.807, 2.05) is 0 Å². The molecular formula is C14H18F2O2. The minimum atomic E-state index is -2.83. The van der Waals surface area contributed by atoms with Crippen LogP contribution in [0, 0.1) is 5.92 Å². The summed E-state index contributed by atoms with van der Waals surface area (Å²) in [7, 11) is 0. The molecule has 0 aliphatic heterocycles. The molecule has 1 aliphatic carbocycles. The van der Waals surface area contributed by atoms with Crippen LogP contribution in [-0.2, 0) is 0 Å². The third kappa shape index (κ3) is 3.42. The maximum atomic E-state index is 12.1. The Kier molecular flexibility index (Phi) is 4.53. The van der Waals surface area contributed by atoms with Gasteiger partial charge in [0.2, 0.25) is 0 Å². The molecule has 0 amide bonds. The first-order chi connectivity index (χ1) is 8.66. The lowest BCUT2D eigenvalue weighted by Crippen LogP contribution is -2.16. The zero-order chi connectivity index (χ0) is 13.0. The molecule has 100 valence electrons. The molecule has 1 fully saturated rings. The van der Waals surface area contributed by atoms with Crippen LogP contribution in [0.15, 0.2) is 24.3 Å². The van der Waals surface area contributed by atoms with Crippen molar-refractivity contribution >= 4 is 0 Å². The van der Waals surface area contributed by atoms with Gasteiger partial charge < -0.3 is 9.84 Å². The summed E-state index contributed by atoms with van der Waals surface area (Å²) in [5, 5.41) is 10.3. The van der Waals surface area contributed by atoms with E-state index in [9.17, 15) is 13.9 Å². The zero-order valence-electron chi connectivity index (χ0n) is 10.2. The second kappa shape index (κ2) is 6.14. The standard InChI is InChI=1S/C14H18F2O2/c15-14(16)18-12-8-4-7-11(9-12)13(17)10-5-2-1-3-6-10/h4,7-10,13-14,17H,1-3,5-6H2. The molecule has 0 radical (unpaired) electrons. The largest absolute Gasteiger partial charge is 0.435 e. The topological polar surface area (TPSA) is 29.5 Å². The molecule has 2 rings (SSSR count). The molecule has 1 aromatic rings. The summed E-state index contributed by atoms with van der Waals surface area (Å²) in [6.45, 7) is -2.83. The molecular weight excluding hydrogens is 238 g/mol. The minimum absolute atomic E-state index is 0.109. The number of hydrogen-bond acceptors (Lipinski definition) is 2. The van der Waals surface area contributed by atoms with Gasteiger partial charge in [0.05, 0.1) is 6.10 Å². The lowest BCUT2D eigenvalue weighted by Gasteiger charge is -2.27. The van der Waals surface area contributed by atoms with E-state index in [1.165, 1.54) is 18.6 Å². The van der Waals surface area contributed by atoms with Gasteiger partial charge in [0, 0.05) is 0 Å². The van der Waals surface area contributed by atoms with Gasteiger partial charge >= 0.3 is 6.61 Å². The van der Waals surface area contributed by atoms with E-state index in [4.69, 9.17) is 0 Å². The second-order valence-corrected chi connectivity index (χ2v) is 4.79. The quantitative estimate of drug-likeness (QED) is 0.885. The number of benzene rings is 1. The van der Waals surface area contributed by atoms with Crippen molar-refractivity contribution in [2.45, 2.75) is 44.8 Å². The summed E-state index contributed by atoms with van der Waals surface area (Å²) in [6.07, 6.45) is 4.91. The summed E-state index contributed by atoms with van der Waals surface area (Å²) in [5.74, 6) is 0.345.